The summed E-state index contributed by atoms with van der Waals surface area (Å²) in [7, 11) is 1.79. The molecule has 1 aromatic heterocycles. The average Bonchev–Trinajstić information content (AvgIpc) is 2.45. The summed E-state index contributed by atoms with van der Waals surface area (Å²) in [4.78, 5) is 17.7. The number of halogens is 1. The van der Waals surface area contributed by atoms with Crippen LogP contribution in [0.3, 0.4) is 0 Å². The van der Waals surface area contributed by atoms with Gasteiger partial charge in [0.1, 0.15) is 0 Å². The Bertz CT molecular complexity index is 482. The third kappa shape index (κ3) is 2.67. The van der Waals surface area contributed by atoms with Crippen LogP contribution in [0.2, 0.25) is 5.28 Å². The van der Waals surface area contributed by atoms with Crippen LogP contribution in [-0.2, 0) is 0 Å². The first-order chi connectivity index (χ1) is 9.67. The SMILES string of the molecule is CNc1nc(Cl)nc(N2CC3CCCCN3CC2C)n1. The molecule has 0 amide bonds. The fraction of sp³-hybridized carbons (Fsp3) is 0.769. The smallest absolute Gasteiger partial charge is 0.231 e. The van der Waals surface area contributed by atoms with Crippen LogP contribution in [0, 0.1) is 0 Å². The molecule has 3 rings (SSSR count). The number of rotatable bonds is 2. The van der Waals surface area contributed by atoms with Crippen molar-refractivity contribution in [1.82, 2.24) is 19.9 Å². The number of aromatic nitrogens is 3. The van der Waals surface area contributed by atoms with Crippen molar-refractivity contribution < 1.29 is 0 Å². The summed E-state index contributed by atoms with van der Waals surface area (Å²) in [6.07, 6.45) is 3.91. The summed E-state index contributed by atoms with van der Waals surface area (Å²) in [6, 6.07) is 1.01. The Morgan fingerprint density at radius 1 is 1.20 bits per heavy atom. The molecule has 0 aromatic carbocycles. The first-order valence-corrected chi connectivity index (χ1v) is 7.65. The molecule has 2 aliphatic heterocycles. The Balaban J connectivity index is 1.83. The van der Waals surface area contributed by atoms with Gasteiger partial charge in [0.15, 0.2) is 0 Å². The minimum absolute atomic E-state index is 0.248. The monoisotopic (exact) mass is 296 g/mol. The second kappa shape index (κ2) is 5.69. The van der Waals surface area contributed by atoms with Gasteiger partial charge >= 0.3 is 0 Å². The van der Waals surface area contributed by atoms with E-state index in [1.807, 2.05) is 0 Å². The van der Waals surface area contributed by atoms with Gasteiger partial charge in [0.05, 0.1) is 0 Å². The maximum absolute atomic E-state index is 5.99. The number of nitrogens with zero attached hydrogens (tertiary/aromatic N) is 5. The van der Waals surface area contributed by atoms with Crippen LogP contribution < -0.4 is 10.2 Å². The van der Waals surface area contributed by atoms with E-state index >= 15 is 0 Å². The molecule has 2 fully saturated rings. The van der Waals surface area contributed by atoms with Gasteiger partial charge in [0.2, 0.25) is 17.2 Å². The van der Waals surface area contributed by atoms with E-state index in [0.29, 0.717) is 24.0 Å². The molecule has 2 aliphatic rings. The predicted octanol–water partition coefficient (Wildman–Crippen LogP) is 1.63. The molecule has 0 saturated carbocycles. The topological polar surface area (TPSA) is 57.2 Å². The molecule has 3 heterocycles. The minimum atomic E-state index is 0.248. The van der Waals surface area contributed by atoms with E-state index in [1.165, 1.54) is 25.8 Å². The summed E-state index contributed by atoms with van der Waals surface area (Å²) >= 11 is 5.99. The molecule has 1 N–H and O–H groups in total. The molecular weight excluding hydrogens is 276 g/mol. The third-order valence-electron chi connectivity index (χ3n) is 4.26. The van der Waals surface area contributed by atoms with Crippen molar-refractivity contribution >= 4 is 23.5 Å². The van der Waals surface area contributed by atoms with Crippen LogP contribution in [0.15, 0.2) is 0 Å². The maximum atomic E-state index is 5.99. The molecule has 2 unspecified atom stereocenters. The lowest BCUT2D eigenvalue weighted by Gasteiger charge is -2.47. The van der Waals surface area contributed by atoms with Crippen LogP contribution in [0.1, 0.15) is 26.2 Å². The van der Waals surface area contributed by atoms with E-state index in [1.54, 1.807) is 7.05 Å². The highest BCUT2D eigenvalue weighted by atomic mass is 35.5. The molecule has 0 radical (unpaired) electrons. The highest BCUT2D eigenvalue weighted by molar-refractivity contribution is 6.28. The molecule has 6 nitrogen and oxygen atoms in total. The Hall–Kier alpha value is -1.14. The quantitative estimate of drug-likeness (QED) is 0.895. The second-order valence-electron chi connectivity index (χ2n) is 5.62. The van der Waals surface area contributed by atoms with Crippen LogP contribution >= 0.6 is 11.6 Å². The number of fused-ring (bicyclic) bond motifs is 1. The van der Waals surface area contributed by atoms with Crippen molar-refractivity contribution in [1.29, 1.82) is 0 Å². The van der Waals surface area contributed by atoms with E-state index in [4.69, 9.17) is 11.6 Å². The number of nitrogens with one attached hydrogen (secondary N) is 1. The van der Waals surface area contributed by atoms with Gasteiger partial charge in [0, 0.05) is 32.2 Å². The summed E-state index contributed by atoms with van der Waals surface area (Å²) < 4.78 is 0. The van der Waals surface area contributed by atoms with Gasteiger partial charge in [-0.3, -0.25) is 4.90 Å². The van der Waals surface area contributed by atoms with Crippen molar-refractivity contribution in [2.75, 3.05) is 36.9 Å². The van der Waals surface area contributed by atoms with Gasteiger partial charge in [-0.05, 0) is 37.9 Å². The lowest BCUT2D eigenvalue weighted by atomic mass is 9.97. The largest absolute Gasteiger partial charge is 0.357 e. The molecule has 0 spiro atoms. The minimum Gasteiger partial charge on any atom is -0.357 e. The first kappa shape index (κ1) is 13.8. The van der Waals surface area contributed by atoms with Crippen LogP contribution in [-0.4, -0.2) is 58.6 Å². The molecular formula is C13H21ClN6. The summed E-state index contributed by atoms with van der Waals surface area (Å²) in [5.74, 6) is 1.21. The fourth-order valence-corrected chi connectivity index (χ4v) is 3.37. The third-order valence-corrected chi connectivity index (χ3v) is 4.43. The Morgan fingerprint density at radius 3 is 2.85 bits per heavy atom. The average molecular weight is 297 g/mol. The zero-order chi connectivity index (χ0) is 14.1. The Kier molecular flexibility index (Phi) is 3.94. The maximum Gasteiger partial charge on any atom is 0.231 e. The van der Waals surface area contributed by atoms with Crippen molar-refractivity contribution in [2.45, 2.75) is 38.3 Å². The molecule has 2 saturated heterocycles. The molecule has 110 valence electrons. The highest BCUT2D eigenvalue weighted by Crippen LogP contribution is 2.27. The van der Waals surface area contributed by atoms with E-state index in [0.717, 1.165) is 13.1 Å². The van der Waals surface area contributed by atoms with Crippen LogP contribution in [0.4, 0.5) is 11.9 Å². The standard InChI is InChI=1S/C13H21ClN6/c1-9-7-19-6-4-3-5-10(19)8-20(9)13-17-11(14)16-12(15-2)18-13/h9-10H,3-8H2,1-2H3,(H,15,16,17,18). The Morgan fingerprint density at radius 2 is 2.05 bits per heavy atom. The molecule has 1 aromatic rings. The Labute approximate surface area is 124 Å². The zero-order valence-corrected chi connectivity index (χ0v) is 12.8. The van der Waals surface area contributed by atoms with E-state index in [9.17, 15) is 0 Å². The van der Waals surface area contributed by atoms with E-state index in [2.05, 4.69) is 37.0 Å². The number of piperidine rings is 1. The van der Waals surface area contributed by atoms with Gasteiger partial charge in [-0.25, -0.2) is 0 Å². The van der Waals surface area contributed by atoms with Crippen LogP contribution in [0.25, 0.3) is 0 Å². The van der Waals surface area contributed by atoms with Crippen LogP contribution in [0.5, 0.6) is 0 Å². The molecule has 7 heteroatoms. The van der Waals surface area contributed by atoms with Crippen molar-refractivity contribution in [3.05, 3.63) is 5.28 Å². The van der Waals surface area contributed by atoms with Gasteiger partial charge in [0.25, 0.3) is 0 Å². The molecule has 0 bridgehead atoms. The van der Waals surface area contributed by atoms with Gasteiger partial charge < -0.3 is 10.2 Å². The zero-order valence-electron chi connectivity index (χ0n) is 12.0. The van der Waals surface area contributed by atoms with Gasteiger partial charge in [-0.1, -0.05) is 6.42 Å². The molecule has 0 aliphatic carbocycles. The van der Waals surface area contributed by atoms with E-state index < -0.39 is 0 Å². The second-order valence-corrected chi connectivity index (χ2v) is 5.96. The molecule has 20 heavy (non-hydrogen) atoms. The summed E-state index contributed by atoms with van der Waals surface area (Å²) in [5, 5.41) is 3.18. The normalized spacial score (nSPS) is 27.2. The summed E-state index contributed by atoms with van der Waals surface area (Å²) in [5.41, 5.74) is 0. The summed E-state index contributed by atoms with van der Waals surface area (Å²) in [6.45, 7) is 5.50. The first-order valence-electron chi connectivity index (χ1n) is 7.27. The van der Waals surface area contributed by atoms with Crippen molar-refractivity contribution in [2.24, 2.45) is 0 Å². The lowest BCUT2D eigenvalue weighted by molar-refractivity contribution is 0.115. The van der Waals surface area contributed by atoms with Crippen molar-refractivity contribution in [3.8, 4) is 0 Å². The number of anilines is 2. The fourth-order valence-electron chi connectivity index (χ4n) is 3.21. The van der Waals surface area contributed by atoms with Crippen molar-refractivity contribution in [3.63, 3.8) is 0 Å². The van der Waals surface area contributed by atoms with Gasteiger partial charge in [-0.2, -0.15) is 15.0 Å². The number of piperazine rings is 1. The predicted molar refractivity (Wildman–Crippen MR) is 80.4 cm³/mol. The van der Waals surface area contributed by atoms with Gasteiger partial charge in [-0.15, -0.1) is 0 Å². The number of hydrogen-bond donors (Lipinski definition) is 1. The highest BCUT2D eigenvalue weighted by Gasteiger charge is 2.34. The van der Waals surface area contributed by atoms with E-state index in [-0.39, 0.29) is 5.28 Å². The molecule has 2 atom stereocenters. The number of hydrogen-bond acceptors (Lipinski definition) is 6. The lowest BCUT2D eigenvalue weighted by Crippen LogP contribution is -2.59.